The van der Waals surface area contributed by atoms with Gasteiger partial charge in [0, 0.05) is 28.8 Å². The summed E-state index contributed by atoms with van der Waals surface area (Å²) in [6.45, 7) is 6.76. The van der Waals surface area contributed by atoms with Gasteiger partial charge in [0.25, 0.3) is 0 Å². The summed E-state index contributed by atoms with van der Waals surface area (Å²) in [7, 11) is 0. The number of nitrogens with zero attached hydrogens (tertiary/aromatic N) is 1. The number of hydrogen-bond donors (Lipinski definition) is 1. The standard InChI is InChI=1S/C21H23BrN2O2/c1-21(2,3)17-6-4-5-7-18(17)23-20(26)14-12-19(25)24(13-14)16-10-8-15(22)9-11-16/h4-11,14H,12-13H2,1-3H3,(H,23,26)/t14-/m1/s1. The molecular formula is C21H23BrN2O2. The van der Waals surface area contributed by atoms with Gasteiger partial charge < -0.3 is 10.2 Å². The van der Waals surface area contributed by atoms with Crippen LogP contribution in [0, 0.1) is 5.92 Å². The molecule has 1 atom stereocenters. The minimum absolute atomic E-state index is 0.0171. The van der Waals surface area contributed by atoms with Crippen LogP contribution in [-0.2, 0) is 15.0 Å². The Labute approximate surface area is 162 Å². The van der Waals surface area contributed by atoms with Gasteiger partial charge in [-0.1, -0.05) is 54.9 Å². The molecule has 0 bridgehead atoms. The molecule has 2 amide bonds. The number of carbonyl (C=O) groups is 2. The number of benzene rings is 2. The fourth-order valence-electron chi connectivity index (χ4n) is 3.23. The minimum atomic E-state index is -0.348. The number of anilines is 2. The third kappa shape index (κ3) is 3.98. The largest absolute Gasteiger partial charge is 0.326 e. The average Bonchev–Trinajstić information content (AvgIpc) is 2.97. The molecular weight excluding hydrogens is 392 g/mol. The van der Waals surface area contributed by atoms with Crippen molar-refractivity contribution >= 4 is 39.1 Å². The monoisotopic (exact) mass is 414 g/mol. The van der Waals surface area contributed by atoms with Gasteiger partial charge in [-0.2, -0.15) is 0 Å². The molecule has 0 aromatic heterocycles. The Bertz CT molecular complexity index is 825. The van der Waals surface area contributed by atoms with Crippen molar-refractivity contribution in [3.05, 3.63) is 58.6 Å². The van der Waals surface area contributed by atoms with Crippen molar-refractivity contribution in [1.29, 1.82) is 0 Å². The summed E-state index contributed by atoms with van der Waals surface area (Å²) >= 11 is 3.40. The van der Waals surface area contributed by atoms with Gasteiger partial charge in [0.15, 0.2) is 0 Å². The summed E-state index contributed by atoms with van der Waals surface area (Å²) in [5.74, 6) is -0.467. The highest BCUT2D eigenvalue weighted by Crippen LogP contribution is 2.31. The molecule has 3 rings (SSSR count). The molecule has 0 radical (unpaired) electrons. The Morgan fingerprint density at radius 1 is 1.12 bits per heavy atom. The summed E-state index contributed by atoms with van der Waals surface area (Å²) in [6, 6.07) is 15.4. The molecule has 1 fully saturated rings. The fourth-order valence-corrected chi connectivity index (χ4v) is 3.50. The molecule has 136 valence electrons. The molecule has 4 nitrogen and oxygen atoms in total. The first-order valence-electron chi connectivity index (χ1n) is 8.72. The number of hydrogen-bond acceptors (Lipinski definition) is 2. The lowest BCUT2D eigenvalue weighted by Crippen LogP contribution is -2.28. The van der Waals surface area contributed by atoms with E-state index in [4.69, 9.17) is 0 Å². The molecule has 1 saturated heterocycles. The maximum Gasteiger partial charge on any atom is 0.229 e. The minimum Gasteiger partial charge on any atom is -0.326 e. The van der Waals surface area contributed by atoms with Gasteiger partial charge in [0.05, 0.1) is 5.92 Å². The Balaban J connectivity index is 1.74. The Kier molecular flexibility index (Phi) is 5.19. The molecule has 1 N–H and O–H groups in total. The third-order valence-corrected chi connectivity index (χ3v) is 5.16. The quantitative estimate of drug-likeness (QED) is 0.788. The topological polar surface area (TPSA) is 49.4 Å². The van der Waals surface area contributed by atoms with E-state index in [2.05, 4.69) is 42.0 Å². The SMILES string of the molecule is CC(C)(C)c1ccccc1NC(=O)[C@@H]1CC(=O)N(c2ccc(Br)cc2)C1. The first-order chi connectivity index (χ1) is 12.3. The molecule has 1 aliphatic heterocycles. The molecule has 26 heavy (non-hydrogen) atoms. The van der Waals surface area contributed by atoms with E-state index in [1.165, 1.54) is 0 Å². The molecule has 2 aromatic rings. The second-order valence-electron chi connectivity index (χ2n) is 7.67. The van der Waals surface area contributed by atoms with Crippen molar-refractivity contribution in [2.24, 2.45) is 5.92 Å². The van der Waals surface area contributed by atoms with Crippen LogP contribution in [0.25, 0.3) is 0 Å². The molecule has 2 aromatic carbocycles. The molecule has 0 spiro atoms. The van der Waals surface area contributed by atoms with Crippen LogP contribution in [0.2, 0.25) is 0 Å². The van der Waals surface area contributed by atoms with E-state index >= 15 is 0 Å². The average molecular weight is 415 g/mol. The van der Waals surface area contributed by atoms with Crippen molar-refractivity contribution in [3.8, 4) is 0 Å². The summed E-state index contributed by atoms with van der Waals surface area (Å²) < 4.78 is 0.959. The van der Waals surface area contributed by atoms with E-state index in [-0.39, 0.29) is 29.6 Å². The molecule has 1 aliphatic rings. The Morgan fingerprint density at radius 2 is 1.77 bits per heavy atom. The first kappa shape index (κ1) is 18.6. The van der Waals surface area contributed by atoms with Gasteiger partial charge in [-0.15, -0.1) is 0 Å². The smallest absolute Gasteiger partial charge is 0.229 e. The number of para-hydroxylation sites is 1. The lowest BCUT2D eigenvalue weighted by molar-refractivity contribution is -0.122. The van der Waals surface area contributed by atoms with E-state index in [1.54, 1.807) is 4.90 Å². The Hall–Kier alpha value is -2.14. The number of halogens is 1. The van der Waals surface area contributed by atoms with Crippen LogP contribution in [-0.4, -0.2) is 18.4 Å². The lowest BCUT2D eigenvalue weighted by atomic mass is 9.85. The van der Waals surface area contributed by atoms with E-state index < -0.39 is 0 Å². The van der Waals surface area contributed by atoms with E-state index in [0.717, 1.165) is 21.4 Å². The van der Waals surface area contributed by atoms with Crippen molar-refractivity contribution < 1.29 is 9.59 Å². The lowest BCUT2D eigenvalue weighted by Gasteiger charge is -2.23. The number of rotatable bonds is 3. The van der Waals surface area contributed by atoms with Crippen molar-refractivity contribution in [2.75, 3.05) is 16.8 Å². The van der Waals surface area contributed by atoms with Crippen LogP contribution in [0.3, 0.4) is 0 Å². The van der Waals surface area contributed by atoms with Crippen LogP contribution in [0.15, 0.2) is 53.0 Å². The summed E-state index contributed by atoms with van der Waals surface area (Å²) in [5, 5.41) is 3.04. The van der Waals surface area contributed by atoms with Gasteiger partial charge in [-0.25, -0.2) is 0 Å². The van der Waals surface area contributed by atoms with Gasteiger partial charge in [-0.3, -0.25) is 9.59 Å². The molecule has 0 aliphatic carbocycles. The van der Waals surface area contributed by atoms with E-state index in [0.29, 0.717) is 6.54 Å². The van der Waals surface area contributed by atoms with Gasteiger partial charge >= 0.3 is 0 Å². The summed E-state index contributed by atoms with van der Waals surface area (Å²) in [5.41, 5.74) is 2.66. The van der Waals surface area contributed by atoms with Gasteiger partial charge in [0.2, 0.25) is 11.8 Å². The van der Waals surface area contributed by atoms with Crippen molar-refractivity contribution in [2.45, 2.75) is 32.6 Å². The fraction of sp³-hybridized carbons (Fsp3) is 0.333. The van der Waals surface area contributed by atoms with E-state index in [9.17, 15) is 9.59 Å². The van der Waals surface area contributed by atoms with Crippen LogP contribution in [0.4, 0.5) is 11.4 Å². The third-order valence-electron chi connectivity index (χ3n) is 4.63. The highest BCUT2D eigenvalue weighted by atomic mass is 79.9. The summed E-state index contributed by atoms with van der Waals surface area (Å²) in [4.78, 5) is 26.8. The molecule has 0 saturated carbocycles. The maximum absolute atomic E-state index is 12.8. The molecule has 1 heterocycles. The zero-order chi connectivity index (χ0) is 18.9. The van der Waals surface area contributed by atoms with Crippen LogP contribution in [0.5, 0.6) is 0 Å². The summed E-state index contributed by atoms with van der Waals surface area (Å²) in [6.07, 6.45) is 0.236. The van der Waals surface area contributed by atoms with Crippen LogP contribution >= 0.6 is 15.9 Å². The van der Waals surface area contributed by atoms with Gasteiger partial charge in [-0.05, 0) is 41.3 Å². The second kappa shape index (κ2) is 7.23. The zero-order valence-corrected chi connectivity index (χ0v) is 16.8. The van der Waals surface area contributed by atoms with Crippen molar-refractivity contribution in [3.63, 3.8) is 0 Å². The number of amides is 2. The van der Waals surface area contributed by atoms with Crippen molar-refractivity contribution in [1.82, 2.24) is 0 Å². The first-order valence-corrected chi connectivity index (χ1v) is 9.51. The number of nitrogens with one attached hydrogen (secondary N) is 1. The molecule has 5 heteroatoms. The number of carbonyl (C=O) groups excluding carboxylic acids is 2. The highest BCUT2D eigenvalue weighted by Gasteiger charge is 2.35. The van der Waals surface area contributed by atoms with E-state index in [1.807, 2.05) is 48.5 Å². The highest BCUT2D eigenvalue weighted by molar-refractivity contribution is 9.10. The molecule has 0 unspecified atom stereocenters. The zero-order valence-electron chi connectivity index (χ0n) is 15.3. The van der Waals surface area contributed by atoms with Crippen LogP contribution in [0.1, 0.15) is 32.8 Å². The predicted molar refractivity (Wildman–Crippen MR) is 108 cm³/mol. The normalized spacial score (nSPS) is 17.5. The van der Waals surface area contributed by atoms with Crippen LogP contribution < -0.4 is 10.2 Å². The van der Waals surface area contributed by atoms with Gasteiger partial charge in [0.1, 0.15) is 0 Å². The predicted octanol–water partition coefficient (Wildman–Crippen LogP) is 4.74. The maximum atomic E-state index is 12.8. The second-order valence-corrected chi connectivity index (χ2v) is 8.58. The Morgan fingerprint density at radius 3 is 2.42 bits per heavy atom.